The van der Waals surface area contributed by atoms with Gasteiger partial charge in [-0.15, -0.1) is 5.06 Å². The van der Waals surface area contributed by atoms with Gasteiger partial charge in [0.2, 0.25) is 0 Å². The van der Waals surface area contributed by atoms with E-state index in [2.05, 4.69) is 24.6 Å². The molecule has 2 heterocycles. The minimum absolute atomic E-state index is 0.0219. The first-order valence-corrected chi connectivity index (χ1v) is 18.7. The van der Waals surface area contributed by atoms with Crippen LogP contribution in [0.1, 0.15) is 55.8 Å². The number of hydrogen-bond acceptors (Lipinski definition) is 12. The minimum atomic E-state index is -4.49. The van der Waals surface area contributed by atoms with E-state index in [1.807, 2.05) is 0 Å². The normalized spacial score (nSPS) is 13.0. The van der Waals surface area contributed by atoms with Crippen LogP contribution in [0.3, 0.4) is 0 Å². The Labute approximate surface area is 361 Å². The zero-order chi connectivity index (χ0) is 48.4. The largest absolute Gasteiger partial charge is 0.484 e. The molecule has 1 fully saturated rings. The Morgan fingerprint density at radius 2 is 1.31 bits per heavy atom. The van der Waals surface area contributed by atoms with Crippen LogP contribution in [0.25, 0.3) is 16.6 Å². The molecule has 1 aliphatic rings. The Hall–Kier alpha value is -7.50. The lowest BCUT2D eigenvalue weighted by atomic mass is 10.1. The lowest BCUT2D eigenvalue weighted by molar-refractivity contribution is -0.385. The molecule has 65 heavy (non-hydrogen) atoms. The van der Waals surface area contributed by atoms with Gasteiger partial charge in [0.1, 0.15) is 34.3 Å². The molecule has 0 bridgehead atoms. The molecule has 1 aliphatic heterocycles. The summed E-state index contributed by atoms with van der Waals surface area (Å²) in [7, 11) is 0. The summed E-state index contributed by atoms with van der Waals surface area (Å²) in [5.41, 5.74) is 4.36. The average Bonchev–Trinajstić information content (AvgIpc) is 3.54. The molecule has 6 rings (SSSR count). The van der Waals surface area contributed by atoms with E-state index in [0.29, 0.717) is 5.06 Å². The minimum Gasteiger partial charge on any atom is -0.484 e. The highest BCUT2D eigenvalue weighted by atomic mass is 19.4. The number of hydrogen-bond donors (Lipinski definition) is 2. The zero-order valence-corrected chi connectivity index (χ0v) is 34.0. The van der Waals surface area contributed by atoms with Gasteiger partial charge in [0.15, 0.2) is 18.8 Å². The van der Waals surface area contributed by atoms with E-state index in [4.69, 9.17) is 5.73 Å². The number of fused-ring (bicyclic) bond motifs is 1. The monoisotopic (exact) mass is 924 g/mol. The maximum atomic E-state index is 14.1. The first-order chi connectivity index (χ1) is 30.4. The average molecular weight is 925 g/mol. The second-order valence-corrected chi connectivity index (χ2v) is 13.9. The molecule has 0 aliphatic carbocycles. The molecule has 0 unspecified atom stereocenters. The predicted molar refractivity (Wildman–Crippen MR) is 212 cm³/mol. The number of hydroxylamine groups is 2. The van der Waals surface area contributed by atoms with Crippen LogP contribution in [-0.4, -0.2) is 68.8 Å². The molecule has 4 aromatic carbocycles. The first-order valence-electron chi connectivity index (χ1n) is 18.7. The second-order valence-electron chi connectivity index (χ2n) is 13.9. The van der Waals surface area contributed by atoms with Crippen molar-refractivity contribution < 1.29 is 73.5 Å². The highest BCUT2D eigenvalue weighted by molar-refractivity contribution is 6.07. The number of carbonyl (C=O) groups excluding carboxylic acids is 4. The molecule has 0 radical (unpaired) electrons. The van der Waals surface area contributed by atoms with Gasteiger partial charge in [-0.2, -0.15) is 26.3 Å². The summed E-state index contributed by atoms with van der Waals surface area (Å²) in [6.07, 6.45) is -8.69. The number of nitrogens with one attached hydrogen (secondary N) is 1. The number of amides is 3. The maximum Gasteiger partial charge on any atom is 0.422 e. The molecule has 16 nitrogen and oxygen atoms in total. The Bertz CT molecular complexity index is 2590. The van der Waals surface area contributed by atoms with Gasteiger partial charge in [0, 0.05) is 24.6 Å². The number of alkyl halides is 6. The van der Waals surface area contributed by atoms with E-state index in [0.717, 1.165) is 41.0 Å². The van der Waals surface area contributed by atoms with Crippen molar-refractivity contribution in [3.63, 3.8) is 0 Å². The van der Waals surface area contributed by atoms with Gasteiger partial charge in [-0.05, 0) is 73.7 Å². The first kappa shape index (κ1) is 50.1. The molecule has 0 spiro atoms. The lowest BCUT2D eigenvalue weighted by Crippen LogP contribution is -2.33. The molecule has 3 amide bonds. The molecule has 1 aromatic heterocycles. The van der Waals surface area contributed by atoms with Crippen LogP contribution in [0.5, 0.6) is 11.5 Å². The van der Waals surface area contributed by atoms with E-state index in [9.17, 15) is 69.2 Å². The SMILES string of the molecule is CC(C)C(=O)ON1C(=O)CCC1=O.C[C@H](N)c1nc2cccc(F)c2c(=O)n1-c1ccc(OCC(F)(F)F)cc1.O=C(Nc1ccc(OCC(F)(F)F)cc1)c1c(F)cccc1[N+](=O)[O-]. The quantitative estimate of drug-likeness (QED) is 0.0565. The van der Waals surface area contributed by atoms with Gasteiger partial charge >= 0.3 is 18.3 Å². The van der Waals surface area contributed by atoms with Crippen LogP contribution < -0.4 is 26.1 Å². The number of rotatable bonds is 11. The fourth-order valence-electron chi connectivity index (χ4n) is 5.35. The Balaban J connectivity index is 0.000000226. The van der Waals surface area contributed by atoms with Crippen molar-refractivity contribution in [3.8, 4) is 17.2 Å². The molecular weight excluding hydrogens is 888 g/mol. The number of nitrogens with zero attached hydrogens (tertiary/aromatic N) is 4. The molecule has 346 valence electrons. The number of ether oxygens (including phenoxy) is 2. The van der Waals surface area contributed by atoms with Crippen LogP contribution in [0.15, 0.2) is 89.7 Å². The number of nitro benzene ring substituents is 1. The number of aromatic nitrogens is 2. The Kier molecular flexibility index (Phi) is 16.4. The number of carbonyl (C=O) groups is 4. The van der Waals surface area contributed by atoms with Gasteiger partial charge in [-0.3, -0.25) is 33.9 Å². The molecule has 1 saturated heterocycles. The highest BCUT2D eigenvalue weighted by Gasteiger charge is 2.33. The highest BCUT2D eigenvalue weighted by Crippen LogP contribution is 2.26. The summed E-state index contributed by atoms with van der Waals surface area (Å²) in [5, 5.41) is 13.5. The molecule has 0 saturated carbocycles. The van der Waals surface area contributed by atoms with Crippen LogP contribution in [0.2, 0.25) is 0 Å². The Morgan fingerprint density at radius 3 is 1.80 bits per heavy atom. The van der Waals surface area contributed by atoms with Crippen LogP contribution in [-0.2, 0) is 19.2 Å². The topological polar surface area (TPSA) is 215 Å². The smallest absolute Gasteiger partial charge is 0.422 e. The standard InChI is InChI=1S/C18H15F4N3O2.C15H10F4N2O4.C8H11NO4/c1-10(23)16-24-14-4-2-3-13(19)15(14)17(26)25(16)11-5-7-12(8-6-11)27-9-18(20,21)22;16-11-2-1-3-12(21(23)24)13(11)14(22)20-9-4-6-10(7-5-9)25-8-15(17,18)19;1-5(2)8(12)13-9-6(10)3-4-7(9)11/h2-8,10H,9,23H2,1H3;1-7H,8H2,(H,20,22);5H,3-4H2,1-2H3/t10-;;/m0../s1. The molecule has 1 atom stereocenters. The van der Waals surface area contributed by atoms with E-state index in [1.54, 1.807) is 20.8 Å². The van der Waals surface area contributed by atoms with Gasteiger partial charge in [-0.25, -0.2) is 18.6 Å². The second kappa shape index (κ2) is 21.2. The number of nitro groups is 1. The van der Waals surface area contributed by atoms with Crippen molar-refractivity contribution in [1.82, 2.24) is 14.6 Å². The molecule has 3 N–H and O–H groups in total. The van der Waals surface area contributed by atoms with E-state index in [1.165, 1.54) is 48.5 Å². The van der Waals surface area contributed by atoms with Crippen molar-refractivity contribution in [1.29, 1.82) is 0 Å². The van der Waals surface area contributed by atoms with Crippen LogP contribution >= 0.6 is 0 Å². The maximum absolute atomic E-state index is 14.1. The van der Waals surface area contributed by atoms with Gasteiger partial charge in [-0.1, -0.05) is 26.0 Å². The number of halogens is 8. The summed E-state index contributed by atoms with van der Waals surface area (Å²) in [6, 6.07) is 16.5. The summed E-state index contributed by atoms with van der Waals surface area (Å²) < 4.78 is 111. The van der Waals surface area contributed by atoms with Gasteiger partial charge in [0.25, 0.3) is 29.0 Å². The third kappa shape index (κ3) is 14.0. The van der Waals surface area contributed by atoms with Gasteiger partial charge in [0.05, 0.1) is 28.1 Å². The van der Waals surface area contributed by atoms with E-state index >= 15 is 0 Å². The van der Waals surface area contributed by atoms with Crippen molar-refractivity contribution in [2.24, 2.45) is 11.7 Å². The van der Waals surface area contributed by atoms with Crippen molar-refractivity contribution in [2.75, 3.05) is 18.5 Å². The number of nitrogens with two attached hydrogens (primary N) is 1. The fraction of sp³-hybridized carbons (Fsp3) is 0.268. The third-order valence-corrected chi connectivity index (χ3v) is 8.37. The Morgan fingerprint density at radius 1 is 0.800 bits per heavy atom. The summed E-state index contributed by atoms with van der Waals surface area (Å²) in [6.45, 7) is 1.98. The fourth-order valence-corrected chi connectivity index (χ4v) is 5.35. The summed E-state index contributed by atoms with van der Waals surface area (Å²) in [5.74, 6) is -4.57. The lowest BCUT2D eigenvalue weighted by Gasteiger charge is -2.16. The van der Waals surface area contributed by atoms with Gasteiger partial charge < -0.3 is 25.4 Å². The summed E-state index contributed by atoms with van der Waals surface area (Å²) >= 11 is 0. The van der Waals surface area contributed by atoms with Crippen molar-refractivity contribution in [2.45, 2.75) is 52.0 Å². The number of anilines is 1. The predicted octanol–water partition coefficient (Wildman–Crippen LogP) is 7.66. The zero-order valence-electron chi connectivity index (χ0n) is 34.0. The number of imide groups is 1. The van der Waals surface area contributed by atoms with Crippen LogP contribution in [0.4, 0.5) is 46.5 Å². The molecule has 5 aromatic rings. The molecule has 24 heteroatoms. The van der Waals surface area contributed by atoms with Crippen LogP contribution in [0, 0.1) is 27.7 Å². The van der Waals surface area contributed by atoms with Crippen molar-refractivity contribution in [3.05, 3.63) is 128 Å². The van der Waals surface area contributed by atoms with Crippen molar-refractivity contribution >= 4 is 46.0 Å². The third-order valence-electron chi connectivity index (χ3n) is 8.37. The van der Waals surface area contributed by atoms with E-state index in [-0.39, 0.29) is 58.4 Å². The molecular formula is C41H36F8N6O10. The summed E-state index contributed by atoms with van der Waals surface area (Å²) in [4.78, 5) is 76.8. The number of benzene rings is 4. The van der Waals surface area contributed by atoms with E-state index < -0.39 is 88.7 Å².